The molecular weight excluding hydrogens is 337 g/mol. The third kappa shape index (κ3) is 32.3. The molecule has 0 aliphatic heterocycles. The van der Waals surface area contributed by atoms with Gasteiger partial charge in [-0.1, -0.05) is 39.5 Å². The summed E-state index contributed by atoms with van der Waals surface area (Å²) < 4.78 is 28.1. The summed E-state index contributed by atoms with van der Waals surface area (Å²) in [6, 6.07) is 0. The van der Waals surface area contributed by atoms with Crippen LogP contribution in [0.5, 0.6) is 0 Å². The Kier molecular flexibility index (Phi) is 26.9. The van der Waals surface area contributed by atoms with Crippen LogP contribution in [0.2, 0.25) is 0 Å². The topological polar surface area (TPSA) is 98.7 Å². The molecule has 0 aromatic rings. The summed E-state index contributed by atoms with van der Waals surface area (Å²) in [6.45, 7) is 4.79. The Morgan fingerprint density at radius 3 is 1.32 bits per heavy atom. The van der Waals surface area contributed by atoms with Gasteiger partial charge in [-0.15, -0.1) is 9.05 Å². The quantitative estimate of drug-likeness (QED) is 0.338. The molecule has 19 heavy (non-hydrogen) atoms. The van der Waals surface area contributed by atoms with E-state index >= 15 is 0 Å². The molecule has 0 N–H and O–H groups in total. The van der Waals surface area contributed by atoms with Crippen LogP contribution in [0.25, 0.3) is 0 Å². The summed E-state index contributed by atoms with van der Waals surface area (Å²) in [6.07, 6.45) is 5.89. The third-order valence-corrected chi connectivity index (χ3v) is 2.68. The van der Waals surface area contributed by atoms with Crippen LogP contribution in [0, 0.1) is 0 Å². The second-order valence-corrected chi connectivity index (χ2v) is 4.94. The van der Waals surface area contributed by atoms with Crippen LogP contribution < -0.4 is 9.79 Å². The average molecular weight is 359 g/mol. The van der Waals surface area contributed by atoms with Crippen LogP contribution in [0.3, 0.4) is 0 Å². The van der Waals surface area contributed by atoms with Gasteiger partial charge in [0.1, 0.15) is 13.2 Å². The van der Waals surface area contributed by atoms with E-state index in [9.17, 15) is 18.9 Å². The number of hydrogen-bond acceptors (Lipinski definition) is 6. The number of hydrogen-bond donors (Lipinski definition) is 0. The first kappa shape index (κ1) is 24.5. The molecule has 2 atom stereocenters. The van der Waals surface area contributed by atoms with Crippen LogP contribution in [0.15, 0.2) is 0 Å². The summed E-state index contributed by atoms with van der Waals surface area (Å²) >= 11 is 0. The number of unbranched alkanes of at least 4 members (excludes halogenated alkanes) is 4. The van der Waals surface area contributed by atoms with E-state index < -0.39 is 16.5 Å². The van der Waals surface area contributed by atoms with E-state index in [1.807, 2.05) is 0 Å². The molecule has 0 saturated heterocycles. The summed E-state index contributed by atoms with van der Waals surface area (Å²) in [7, 11) is -5.23. The monoisotopic (exact) mass is 358 g/mol. The van der Waals surface area contributed by atoms with Crippen molar-refractivity contribution >= 4 is 16.5 Å². The zero-order valence-electron chi connectivity index (χ0n) is 11.3. The Labute approximate surface area is 127 Å². The second kappa shape index (κ2) is 20.8. The largest absolute Gasteiger partial charge is 2.00 e. The fourth-order valence-electron chi connectivity index (χ4n) is 0.982. The van der Waals surface area contributed by atoms with Gasteiger partial charge in [-0.3, -0.25) is 0 Å². The summed E-state index contributed by atoms with van der Waals surface area (Å²) in [5.41, 5.74) is 0. The molecule has 0 amide bonds. The molecule has 0 spiro atoms. The van der Waals surface area contributed by atoms with Crippen molar-refractivity contribution in [2.75, 3.05) is 13.2 Å². The van der Waals surface area contributed by atoms with Gasteiger partial charge in [-0.05, 0) is 22.0 Å². The van der Waals surface area contributed by atoms with Gasteiger partial charge in [0.15, 0.2) is 0 Å². The summed E-state index contributed by atoms with van der Waals surface area (Å²) in [5.74, 6) is 0. The van der Waals surface area contributed by atoms with E-state index in [0.29, 0.717) is 13.2 Å². The molecule has 0 aliphatic carbocycles. The maximum absolute atomic E-state index is 9.78. The standard InChI is InChI=1S/2C5H11O3P.Ni/c2*1-2-3-4-5-8-9(6)7;/h2*2-5H2,1H3;/q;;+2. The van der Waals surface area contributed by atoms with Crippen molar-refractivity contribution in [3.05, 3.63) is 0 Å². The fourth-order valence-corrected chi connectivity index (χ4v) is 1.54. The molecule has 0 rings (SSSR count). The van der Waals surface area contributed by atoms with Crippen LogP contribution >= 0.6 is 16.5 Å². The first-order chi connectivity index (χ1) is 8.54. The first-order valence-electron chi connectivity index (χ1n) is 6.09. The van der Waals surface area contributed by atoms with Gasteiger partial charge in [0.05, 0.1) is 0 Å². The molecule has 6 nitrogen and oxygen atoms in total. The van der Waals surface area contributed by atoms with Gasteiger partial charge in [0.2, 0.25) is 0 Å². The van der Waals surface area contributed by atoms with Crippen molar-refractivity contribution in [3.63, 3.8) is 0 Å². The maximum Gasteiger partial charge on any atom is 2.00 e. The van der Waals surface area contributed by atoms with Crippen molar-refractivity contribution in [1.29, 1.82) is 0 Å². The molecular formula is C10H22NiO6P2+2. The Bertz CT molecular complexity index is 196. The minimum absolute atomic E-state index is 0. The van der Waals surface area contributed by atoms with Gasteiger partial charge in [-0.25, -0.2) is 0 Å². The fraction of sp³-hybridized carbons (Fsp3) is 1.00. The van der Waals surface area contributed by atoms with Crippen molar-refractivity contribution in [3.8, 4) is 0 Å². The van der Waals surface area contributed by atoms with Crippen LogP contribution in [0.4, 0.5) is 0 Å². The molecule has 9 heteroatoms. The molecule has 0 aromatic carbocycles. The van der Waals surface area contributed by atoms with E-state index in [-0.39, 0.29) is 16.5 Å². The smallest absolute Gasteiger partial charge is 0.566 e. The van der Waals surface area contributed by atoms with Crippen molar-refractivity contribution < 1.29 is 44.5 Å². The number of rotatable bonds is 10. The summed E-state index contributed by atoms with van der Waals surface area (Å²) in [5, 5.41) is 0. The van der Waals surface area contributed by atoms with Crippen molar-refractivity contribution in [2.45, 2.75) is 52.4 Å². The van der Waals surface area contributed by atoms with Gasteiger partial charge < -0.3 is 9.79 Å². The van der Waals surface area contributed by atoms with Gasteiger partial charge >= 0.3 is 33.0 Å². The first-order valence-corrected chi connectivity index (χ1v) is 8.28. The van der Waals surface area contributed by atoms with Crippen LogP contribution in [-0.2, 0) is 34.7 Å². The normalized spacial score (nSPS) is 10.9. The van der Waals surface area contributed by atoms with E-state index in [2.05, 4.69) is 22.9 Å². The van der Waals surface area contributed by atoms with E-state index in [1.165, 1.54) is 0 Å². The molecule has 0 heterocycles. The molecule has 0 aromatic heterocycles. The Hall–Kier alpha value is 0.534. The Morgan fingerprint density at radius 1 is 0.789 bits per heavy atom. The molecule has 0 fully saturated rings. The van der Waals surface area contributed by atoms with E-state index in [4.69, 9.17) is 0 Å². The molecule has 0 bridgehead atoms. The van der Waals surface area contributed by atoms with Gasteiger partial charge in [0.25, 0.3) is 0 Å². The third-order valence-electron chi connectivity index (χ3n) is 1.89. The minimum Gasteiger partial charge on any atom is -0.566 e. The molecule has 116 valence electrons. The van der Waals surface area contributed by atoms with Crippen LogP contribution in [-0.4, -0.2) is 13.2 Å². The predicted molar refractivity (Wildman–Crippen MR) is 66.2 cm³/mol. The average Bonchev–Trinajstić information content (AvgIpc) is 2.31. The van der Waals surface area contributed by atoms with E-state index in [1.54, 1.807) is 0 Å². The SMILES string of the molecule is CCCCCO[P+](=O)[O-].CCCCCO[P+](=O)[O-].[Ni+2]. The molecule has 0 saturated carbocycles. The zero-order chi connectivity index (χ0) is 14.2. The predicted octanol–water partition coefficient (Wildman–Crippen LogP) is 2.42. The molecule has 2 unspecified atom stereocenters. The van der Waals surface area contributed by atoms with Gasteiger partial charge in [-0.2, -0.15) is 0 Å². The molecule has 0 radical (unpaired) electrons. The van der Waals surface area contributed by atoms with Crippen LogP contribution in [0.1, 0.15) is 52.4 Å². The van der Waals surface area contributed by atoms with Crippen molar-refractivity contribution in [1.82, 2.24) is 0 Å². The van der Waals surface area contributed by atoms with Crippen molar-refractivity contribution in [2.24, 2.45) is 0 Å². The van der Waals surface area contributed by atoms with E-state index in [0.717, 1.165) is 38.5 Å². The maximum atomic E-state index is 9.78. The van der Waals surface area contributed by atoms with Gasteiger partial charge in [0, 0.05) is 0 Å². The Balaban J connectivity index is -0.000000256. The summed E-state index contributed by atoms with van der Waals surface area (Å²) in [4.78, 5) is 19.6. The minimum atomic E-state index is -2.62. The molecule has 0 aliphatic rings. The second-order valence-electron chi connectivity index (χ2n) is 3.53. The zero-order valence-corrected chi connectivity index (χ0v) is 14.1. The Morgan fingerprint density at radius 2 is 1.11 bits per heavy atom.